The molecule has 0 aromatic heterocycles. The summed E-state index contributed by atoms with van der Waals surface area (Å²) < 4.78 is 28.2. The number of hydrogen-bond donors (Lipinski definition) is 0. The molecule has 0 N–H and O–H groups in total. The van der Waals surface area contributed by atoms with Crippen LogP contribution in [0.4, 0.5) is 0 Å². The van der Waals surface area contributed by atoms with Gasteiger partial charge in [0.2, 0.25) is 10.0 Å². The van der Waals surface area contributed by atoms with Crippen molar-refractivity contribution in [1.82, 2.24) is 4.31 Å². The number of nitrogens with zero attached hydrogens (tertiary/aromatic N) is 1. The van der Waals surface area contributed by atoms with Gasteiger partial charge in [0.25, 0.3) is 0 Å². The van der Waals surface area contributed by atoms with E-state index in [0.29, 0.717) is 6.54 Å². The highest BCUT2D eigenvalue weighted by atomic mass is 32.2. The Hall–Kier alpha value is -1.65. The van der Waals surface area contributed by atoms with Crippen molar-refractivity contribution < 1.29 is 8.42 Å². The topological polar surface area (TPSA) is 37.4 Å². The van der Waals surface area contributed by atoms with Gasteiger partial charge in [-0.25, -0.2) is 8.42 Å². The van der Waals surface area contributed by atoms with Crippen LogP contribution in [-0.2, 0) is 27.7 Å². The van der Waals surface area contributed by atoms with E-state index in [2.05, 4.69) is 26.0 Å². The van der Waals surface area contributed by atoms with Crippen molar-refractivity contribution in [3.8, 4) is 0 Å². The van der Waals surface area contributed by atoms with Crippen molar-refractivity contribution in [2.45, 2.75) is 57.4 Å². The Balaban J connectivity index is 2.03. The third-order valence-electron chi connectivity index (χ3n) is 5.14. The Morgan fingerprint density at radius 1 is 0.920 bits per heavy atom. The molecule has 0 bridgehead atoms. The van der Waals surface area contributed by atoms with Crippen LogP contribution in [0.3, 0.4) is 0 Å². The zero-order valence-electron chi connectivity index (χ0n) is 15.5. The lowest BCUT2D eigenvalue weighted by atomic mass is 9.75. The van der Waals surface area contributed by atoms with Gasteiger partial charge in [-0.1, -0.05) is 68.4 Å². The first-order valence-corrected chi connectivity index (χ1v) is 10.4. The molecule has 3 nitrogen and oxygen atoms in total. The van der Waals surface area contributed by atoms with Crippen LogP contribution in [0.15, 0.2) is 54.6 Å². The van der Waals surface area contributed by atoms with E-state index in [0.717, 1.165) is 17.5 Å². The number of sulfonamides is 1. The van der Waals surface area contributed by atoms with E-state index >= 15 is 0 Å². The monoisotopic (exact) mass is 357 g/mol. The molecule has 0 radical (unpaired) electrons. The van der Waals surface area contributed by atoms with Crippen LogP contribution in [0.5, 0.6) is 0 Å². The molecular formula is C21H27NO2S. The SMILES string of the molecule is CC1(C)CC(C)(C)N(S(=O)(=O)Cc2ccccc2)Cc2ccccc21. The maximum atomic E-state index is 13.3. The van der Waals surface area contributed by atoms with Gasteiger partial charge in [-0.15, -0.1) is 0 Å². The molecule has 1 aliphatic heterocycles. The average Bonchev–Trinajstić information content (AvgIpc) is 2.60. The van der Waals surface area contributed by atoms with Crippen molar-refractivity contribution in [3.05, 3.63) is 71.3 Å². The van der Waals surface area contributed by atoms with E-state index in [-0.39, 0.29) is 11.2 Å². The first-order valence-electron chi connectivity index (χ1n) is 8.75. The normalized spacial score (nSPS) is 19.8. The van der Waals surface area contributed by atoms with Crippen LogP contribution in [0.25, 0.3) is 0 Å². The van der Waals surface area contributed by atoms with Crippen molar-refractivity contribution in [1.29, 1.82) is 0 Å². The fourth-order valence-electron chi connectivity index (χ4n) is 4.29. The predicted molar refractivity (Wildman–Crippen MR) is 103 cm³/mol. The molecule has 134 valence electrons. The maximum Gasteiger partial charge on any atom is 0.219 e. The molecule has 1 aliphatic rings. The van der Waals surface area contributed by atoms with Crippen molar-refractivity contribution in [3.63, 3.8) is 0 Å². The third kappa shape index (κ3) is 3.65. The highest BCUT2D eigenvalue weighted by molar-refractivity contribution is 7.88. The molecule has 0 aliphatic carbocycles. The van der Waals surface area contributed by atoms with E-state index in [1.54, 1.807) is 4.31 Å². The Labute approximate surface area is 151 Å². The average molecular weight is 358 g/mol. The van der Waals surface area contributed by atoms with E-state index in [1.165, 1.54) is 5.56 Å². The van der Waals surface area contributed by atoms with Gasteiger partial charge in [0.15, 0.2) is 0 Å². The molecule has 0 amide bonds. The Bertz CT molecular complexity index is 854. The zero-order chi connectivity index (χ0) is 18.3. The van der Waals surface area contributed by atoms with Crippen LogP contribution < -0.4 is 0 Å². The van der Waals surface area contributed by atoms with Crippen molar-refractivity contribution in [2.75, 3.05) is 0 Å². The fraction of sp³-hybridized carbons (Fsp3) is 0.429. The van der Waals surface area contributed by atoms with Crippen LogP contribution in [0, 0.1) is 0 Å². The second-order valence-electron chi connectivity index (χ2n) is 8.28. The summed E-state index contributed by atoms with van der Waals surface area (Å²) in [5, 5.41) is 0. The first-order chi connectivity index (χ1) is 11.6. The molecule has 0 saturated heterocycles. The smallest absolute Gasteiger partial charge is 0.212 e. The highest BCUT2D eigenvalue weighted by Gasteiger charge is 2.43. The third-order valence-corrected chi connectivity index (χ3v) is 7.13. The van der Waals surface area contributed by atoms with Gasteiger partial charge in [-0.05, 0) is 42.4 Å². The number of fused-ring (bicyclic) bond motifs is 1. The summed E-state index contributed by atoms with van der Waals surface area (Å²) in [6.07, 6.45) is 0.783. The lowest BCUT2D eigenvalue weighted by Gasteiger charge is -2.39. The van der Waals surface area contributed by atoms with Crippen molar-refractivity contribution >= 4 is 10.0 Å². The lowest BCUT2D eigenvalue weighted by molar-refractivity contribution is 0.185. The first kappa shape index (κ1) is 18.2. The molecule has 0 spiro atoms. The zero-order valence-corrected chi connectivity index (χ0v) is 16.3. The summed E-state index contributed by atoms with van der Waals surface area (Å²) in [5.41, 5.74) is 2.66. The lowest BCUT2D eigenvalue weighted by Crippen LogP contribution is -2.48. The molecular weight excluding hydrogens is 330 g/mol. The highest BCUT2D eigenvalue weighted by Crippen LogP contribution is 2.42. The summed E-state index contributed by atoms with van der Waals surface area (Å²) in [6.45, 7) is 8.94. The van der Waals surface area contributed by atoms with Crippen LogP contribution in [-0.4, -0.2) is 18.3 Å². The summed E-state index contributed by atoms with van der Waals surface area (Å²) in [5.74, 6) is 0.0415. The minimum atomic E-state index is -3.43. The number of rotatable bonds is 3. The Morgan fingerprint density at radius 3 is 2.20 bits per heavy atom. The molecule has 3 rings (SSSR count). The van der Waals surface area contributed by atoms with Gasteiger partial charge in [0, 0.05) is 12.1 Å². The molecule has 0 unspecified atom stereocenters. The summed E-state index contributed by atoms with van der Waals surface area (Å²) in [4.78, 5) is 0. The Morgan fingerprint density at radius 2 is 1.52 bits per heavy atom. The van der Waals surface area contributed by atoms with Gasteiger partial charge in [0.05, 0.1) is 5.75 Å². The molecule has 0 atom stereocenters. The van der Waals surface area contributed by atoms with Gasteiger partial charge in [-0.3, -0.25) is 0 Å². The van der Waals surface area contributed by atoms with E-state index in [9.17, 15) is 8.42 Å². The van der Waals surface area contributed by atoms with Crippen LogP contribution in [0.1, 0.15) is 50.8 Å². The standard InChI is InChI=1S/C21H27NO2S/c1-20(2)16-21(3,4)22(14-18-12-8-9-13-19(18)20)25(23,24)15-17-10-6-5-7-11-17/h5-13H,14-16H2,1-4H3. The van der Waals surface area contributed by atoms with Gasteiger partial charge in [0.1, 0.15) is 0 Å². The molecule has 0 fully saturated rings. The number of benzene rings is 2. The quantitative estimate of drug-likeness (QED) is 0.812. The second-order valence-corrected chi connectivity index (χ2v) is 10.2. The number of hydrogen-bond acceptors (Lipinski definition) is 2. The molecule has 2 aromatic rings. The van der Waals surface area contributed by atoms with Crippen LogP contribution in [0.2, 0.25) is 0 Å². The van der Waals surface area contributed by atoms with Gasteiger partial charge < -0.3 is 0 Å². The van der Waals surface area contributed by atoms with Crippen LogP contribution >= 0.6 is 0 Å². The Kier molecular flexibility index (Phi) is 4.54. The minimum Gasteiger partial charge on any atom is -0.212 e. The predicted octanol–water partition coefficient (Wildman–Crippen LogP) is 4.48. The van der Waals surface area contributed by atoms with Gasteiger partial charge >= 0.3 is 0 Å². The van der Waals surface area contributed by atoms with E-state index in [1.807, 2.05) is 56.3 Å². The summed E-state index contributed by atoms with van der Waals surface area (Å²) in [7, 11) is -3.43. The molecule has 25 heavy (non-hydrogen) atoms. The fourth-order valence-corrected chi connectivity index (χ4v) is 6.21. The minimum absolute atomic E-state index is 0.0415. The van der Waals surface area contributed by atoms with E-state index < -0.39 is 15.6 Å². The molecule has 0 saturated carbocycles. The second kappa shape index (κ2) is 6.26. The summed E-state index contributed by atoms with van der Waals surface area (Å²) >= 11 is 0. The maximum absolute atomic E-state index is 13.3. The van der Waals surface area contributed by atoms with Gasteiger partial charge in [-0.2, -0.15) is 4.31 Å². The molecule has 2 aromatic carbocycles. The molecule has 4 heteroatoms. The van der Waals surface area contributed by atoms with Crippen molar-refractivity contribution in [2.24, 2.45) is 0 Å². The molecule has 1 heterocycles. The summed E-state index contributed by atoms with van der Waals surface area (Å²) in [6, 6.07) is 17.7. The largest absolute Gasteiger partial charge is 0.219 e. The van der Waals surface area contributed by atoms with E-state index in [4.69, 9.17) is 0 Å².